The van der Waals surface area contributed by atoms with Crippen molar-refractivity contribution in [3.8, 4) is 0 Å². The van der Waals surface area contributed by atoms with Crippen molar-refractivity contribution >= 4 is 50.7 Å². The molecule has 3 rings (SSSR count). The molecule has 0 saturated carbocycles. The second-order valence-corrected chi connectivity index (χ2v) is 12.2. The Hall–Kier alpha value is -3.39. The quantitative estimate of drug-likeness (QED) is 0.303. The molecule has 0 fully saturated rings. The number of nitrogens with one attached hydrogen (secondary N) is 2. The zero-order chi connectivity index (χ0) is 31.1. The number of benzene rings is 2. The lowest BCUT2D eigenvalue weighted by Gasteiger charge is -2.25. The van der Waals surface area contributed by atoms with Crippen LogP contribution in [0.2, 0.25) is 10.0 Å². The summed E-state index contributed by atoms with van der Waals surface area (Å²) in [7, 11) is -0.583. The van der Waals surface area contributed by atoms with Crippen molar-refractivity contribution in [2.24, 2.45) is 0 Å². The van der Waals surface area contributed by atoms with Crippen molar-refractivity contribution in [1.29, 1.82) is 0 Å². The van der Waals surface area contributed by atoms with Crippen LogP contribution in [0, 0.1) is 0 Å². The zero-order valence-corrected chi connectivity index (χ0v) is 24.9. The molecular formula is C27H28Cl2F3N5O4S. The number of nitrogens with zero attached hydrogens (tertiary/aromatic N) is 3. The number of likely N-dealkylation sites (N-methyl/N-ethyl adjacent to an activating group) is 1. The van der Waals surface area contributed by atoms with E-state index >= 15 is 0 Å². The molecule has 0 bridgehead atoms. The van der Waals surface area contributed by atoms with Crippen molar-refractivity contribution in [2.75, 3.05) is 37.2 Å². The topological polar surface area (TPSA) is 112 Å². The molecule has 0 atom stereocenters. The van der Waals surface area contributed by atoms with Crippen molar-refractivity contribution in [3.05, 3.63) is 93.2 Å². The number of pyridine rings is 1. The van der Waals surface area contributed by atoms with E-state index < -0.39 is 33.6 Å². The molecule has 1 aromatic heterocycles. The normalized spacial score (nSPS) is 11.8. The van der Waals surface area contributed by atoms with Crippen LogP contribution in [0.1, 0.15) is 27.2 Å². The highest BCUT2D eigenvalue weighted by Crippen LogP contribution is 2.30. The number of amides is 2. The standard InChI is InChI=1S/C27H28Cl2F3N5O4S/c1-36(2)17-24(38)33-12-13-42(40,41)37(16-20-4-3-5-22(28)25(20)29)21-9-7-19(8-10-21)26(39)35-15-18-6-11-23(34-14-18)27(30,31)32/h3-11,14H,12-13,15-17H2,1-2H3,(H,33,38)(H,35,39). The molecule has 3 aromatic rings. The van der Waals surface area contributed by atoms with Gasteiger partial charge < -0.3 is 15.5 Å². The number of carbonyl (C=O) groups is 2. The Bertz CT molecular complexity index is 1500. The number of sulfonamides is 1. The molecule has 0 radical (unpaired) electrons. The van der Waals surface area contributed by atoms with Gasteiger partial charge in [-0.25, -0.2) is 8.42 Å². The Morgan fingerprint density at radius 3 is 2.26 bits per heavy atom. The largest absolute Gasteiger partial charge is 0.433 e. The van der Waals surface area contributed by atoms with Crippen LogP contribution in [0.4, 0.5) is 18.9 Å². The van der Waals surface area contributed by atoms with Gasteiger partial charge in [-0.1, -0.05) is 41.4 Å². The summed E-state index contributed by atoms with van der Waals surface area (Å²) in [4.78, 5) is 29.6. The molecule has 2 amide bonds. The predicted octanol–water partition coefficient (Wildman–Crippen LogP) is 4.35. The van der Waals surface area contributed by atoms with Gasteiger partial charge in [0.05, 0.1) is 34.6 Å². The number of hydrogen-bond donors (Lipinski definition) is 2. The van der Waals surface area contributed by atoms with E-state index in [0.717, 1.165) is 16.6 Å². The van der Waals surface area contributed by atoms with Crippen molar-refractivity contribution in [3.63, 3.8) is 0 Å². The molecule has 0 spiro atoms. The lowest BCUT2D eigenvalue weighted by atomic mass is 10.1. The highest BCUT2D eigenvalue weighted by atomic mass is 35.5. The summed E-state index contributed by atoms with van der Waals surface area (Å²) < 4.78 is 66.1. The Balaban J connectivity index is 1.76. The fraction of sp³-hybridized carbons (Fsp3) is 0.296. The van der Waals surface area contributed by atoms with Crippen LogP contribution in [0.3, 0.4) is 0 Å². The molecule has 2 aromatic carbocycles. The first-order valence-electron chi connectivity index (χ1n) is 12.4. The van der Waals surface area contributed by atoms with Crippen molar-refractivity contribution < 1.29 is 31.2 Å². The molecule has 1 heterocycles. The number of anilines is 1. The highest BCUT2D eigenvalue weighted by Gasteiger charge is 2.32. The number of halogens is 5. The second-order valence-electron chi connectivity index (χ2n) is 9.40. The molecule has 0 aliphatic rings. The smallest absolute Gasteiger partial charge is 0.354 e. The maximum Gasteiger partial charge on any atom is 0.433 e. The zero-order valence-electron chi connectivity index (χ0n) is 22.6. The minimum Gasteiger partial charge on any atom is -0.354 e. The summed E-state index contributed by atoms with van der Waals surface area (Å²) in [6, 6.07) is 12.6. The van der Waals surface area contributed by atoms with Crippen LogP contribution in [-0.2, 0) is 34.1 Å². The molecule has 2 N–H and O–H groups in total. The molecule has 9 nitrogen and oxygen atoms in total. The summed E-state index contributed by atoms with van der Waals surface area (Å²) in [5.41, 5.74) is 0.183. The lowest BCUT2D eigenvalue weighted by Crippen LogP contribution is -2.40. The van der Waals surface area contributed by atoms with Crippen LogP contribution < -0.4 is 14.9 Å². The van der Waals surface area contributed by atoms with E-state index in [1.807, 2.05) is 0 Å². The van der Waals surface area contributed by atoms with Gasteiger partial charge in [-0.3, -0.25) is 18.9 Å². The second kappa shape index (κ2) is 14.2. The van der Waals surface area contributed by atoms with Gasteiger partial charge in [0.1, 0.15) is 5.69 Å². The molecule has 0 saturated heterocycles. The SMILES string of the molecule is CN(C)CC(=O)NCCS(=O)(=O)N(Cc1cccc(Cl)c1Cl)c1ccc(C(=O)NCc2ccc(C(F)(F)F)nc2)cc1. The Morgan fingerprint density at radius 2 is 1.67 bits per heavy atom. The summed E-state index contributed by atoms with van der Waals surface area (Å²) in [5, 5.41) is 5.60. The first-order chi connectivity index (χ1) is 19.7. The van der Waals surface area contributed by atoms with Gasteiger partial charge in [0.25, 0.3) is 5.91 Å². The van der Waals surface area contributed by atoms with E-state index in [9.17, 15) is 31.2 Å². The fourth-order valence-electron chi connectivity index (χ4n) is 3.71. The van der Waals surface area contributed by atoms with E-state index in [1.54, 1.807) is 37.2 Å². The van der Waals surface area contributed by atoms with Crippen LogP contribution in [0.15, 0.2) is 60.8 Å². The number of aromatic nitrogens is 1. The maximum absolute atomic E-state index is 13.4. The molecule has 42 heavy (non-hydrogen) atoms. The molecule has 0 unspecified atom stereocenters. The van der Waals surface area contributed by atoms with E-state index in [-0.39, 0.29) is 53.4 Å². The van der Waals surface area contributed by atoms with E-state index in [0.29, 0.717) is 11.1 Å². The Kier molecular flexibility index (Phi) is 11.2. The van der Waals surface area contributed by atoms with Crippen LogP contribution in [0.25, 0.3) is 0 Å². The van der Waals surface area contributed by atoms with Crippen molar-refractivity contribution in [1.82, 2.24) is 20.5 Å². The van der Waals surface area contributed by atoms with Gasteiger partial charge >= 0.3 is 6.18 Å². The van der Waals surface area contributed by atoms with Gasteiger partial charge in [0, 0.05) is 24.8 Å². The average Bonchev–Trinajstić information content (AvgIpc) is 2.91. The maximum atomic E-state index is 13.4. The Morgan fingerprint density at radius 1 is 0.976 bits per heavy atom. The van der Waals surface area contributed by atoms with Crippen LogP contribution >= 0.6 is 23.2 Å². The van der Waals surface area contributed by atoms with Crippen LogP contribution in [-0.4, -0.2) is 63.1 Å². The fourth-order valence-corrected chi connectivity index (χ4v) is 5.45. The third kappa shape index (κ3) is 9.31. The summed E-state index contributed by atoms with van der Waals surface area (Å²) in [5.74, 6) is -1.27. The number of rotatable bonds is 12. The first-order valence-corrected chi connectivity index (χ1v) is 14.8. The minimum atomic E-state index is -4.57. The average molecular weight is 647 g/mol. The number of carbonyl (C=O) groups excluding carboxylic acids is 2. The van der Waals surface area contributed by atoms with Gasteiger partial charge in [-0.05, 0) is 61.6 Å². The summed E-state index contributed by atoms with van der Waals surface area (Å²) in [6.45, 7) is -0.270. The van der Waals surface area contributed by atoms with E-state index in [4.69, 9.17) is 23.2 Å². The van der Waals surface area contributed by atoms with E-state index in [2.05, 4.69) is 15.6 Å². The number of hydrogen-bond acceptors (Lipinski definition) is 6. The van der Waals surface area contributed by atoms with Gasteiger partial charge in [0.15, 0.2) is 0 Å². The molecule has 0 aliphatic carbocycles. The summed E-state index contributed by atoms with van der Waals surface area (Å²) in [6.07, 6.45) is -3.54. The molecular weight excluding hydrogens is 618 g/mol. The summed E-state index contributed by atoms with van der Waals surface area (Å²) >= 11 is 12.4. The van der Waals surface area contributed by atoms with Gasteiger partial charge in [-0.15, -0.1) is 0 Å². The highest BCUT2D eigenvalue weighted by molar-refractivity contribution is 7.92. The van der Waals surface area contributed by atoms with Crippen molar-refractivity contribution in [2.45, 2.75) is 19.3 Å². The van der Waals surface area contributed by atoms with Gasteiger partial charge in [0.2, 0.25) is 15.9 Å². The lowest BCUT2D eigenvalue weighted by molar-refractivity contribution is -0.141. The number of alkyl halides is 3. The first kappa shape index (κ1) is 33.1. The van der Waals surface area contributed by atoms with Gasteiger partial charge in [-0.2, -0.15) is 13.2 Å². The molecule has 15 heteroatoms. The molecule has 226 valence electrons. The van der Waals surface area contributed by atoms with E-state index in [1.165, 1.54) is 30.3 Å². The minimum absolute atomic E-state index is 0.0704. The third-order valence-electron chi connectivity index (χ3n) is 5.81. The third-order valence-corrected chi connectivity index (χ3v) is 8.40. The Labute approximate surface area is 251 Å². The van der Waals surface area contributed by atoms with Crippen LogP contribution in [0.5, 0.6) is 0 Å². The monoisotopic (exact) mass is 645 g/mol. The molecule has 0 aliphatic heterocycles. The predicted molar refractivity (Wildman–Crippen MR) is 155 cm³/mol.